The van der Waals surface area contributed by atoms with Gasteiger partial charge in [-0.05, 0) is 24.6 Å². The third kappa shape index (κ3) is 2.69. The lowest BCUT2D eigenvalue weighted by Gasteiger charge is -2.17. The maximum atomic E-state index is 11.0. The molecule has 2 rings (SSSR count). The number of benzene rings is 1. The Morgan fingerprint density at radius 3 is 2.95 bits per heavy atom. The molecule has 0 fully saturated rings. The molecule has 1 aromatic heterocycles. The van der Waals surface area contributed by atoms with Crippen molar-refractivity contribution < 1.29 is 4.92 Å². The summed E-state index contributed by atoms with van der Waals surface area (Å²) in [6.07, 6.45) is 8.38. The van der Waals surface area contributed by atoms with Crippen LogP contribution in [0.5, 0.6) is 0 Å². The zero-order chi connectivity index (χ0) is 14.5. The Kier molecular flexibility index (Phi) is 4.16. The summed E-state index contributed by atoms with van der Waals surface area (Å²) >= 11 is 0. The molecule has 1 N–H and O–H groups in total. The Morgan fingerprint density at radius 1 is 1.50 bits per heavy atom. The molecule has 1 atom stereocenters. The van der Waals surface area contributed by atoms with Gasteiger partial charge in [-0.25, -0.2) is 4.98 Å². The molecule has 102 valence electrons. The molecular weight excluding hydrogens is 254 g/mol. The molecule has 0 aliphatic heterocycles. The van der Waals surface area contributed by atoms with E-state index in [-0.39, 0.29) is 11.7 Å². The largest absolute Gasteiger partial charge is 0.381 e. The molecule has 0 radical (unpaired) electrons. The number of nitrogens with zero attached hydrogens (tertiary/aromatic N) is 2. The Balaban J connectivity index is 2.48. The van der Waals surface area contributed by atoms with Gasteiger partial charge in [0.1, 0.15) is 5.52 Å². The molecule has 1 aromatic carbocycles. The molecule has 5 heteroatoms. The van der Waals surface area contributed by atoms with E-state index in [0.717, 1.165) is 17.5 Å². The van der Waals surface area contributed by atoms with Crippen molar-refractivity contribution >= 4 is 22.3 Å². The Hall–Kier alpha value is -2.61. The van der Waals surface area contributed by atoms with Crippen molar-refractivity contribution in [2.24, 2.45) is 0 Å². The summed E-state index contributed by atoms with van der Waals surface area (Å²) in [4.78, 5) is 14.7. The van der Waals surface area contributed by atoms with Crippen LogP contribution >= 0.6 is 0 Å². The van der Waals surface area contributed by atoms with Crippen LogP contribution in [0.2, 0.25) is 0 Å². The molecule has 0 spiro atoms. The van der Waals surface area contributed by atoms with Crippen molar-refractivity contribution in [1.29, 1.82) is 0 Å². The van der Waals surface area contributed by atoms with E-state index in [9.17, 15) is 10.1 Å². The first-order valence-corrected chi connectivity index (χ1v) is 6.39. The molecule has 2 aromatic rings. The van der Waals surface area contributed by atoms with Gasteiger partial charge < -0.3 is 5.32 Å². The number of terminal acetylenes is 1. The first kappa shape index (κ1) is 13.8. The summed E-state index contributed by atoms with van der Waals surface area (Å²) in [6, 6.07) is 6.91. The number of anilines is 1. The molecule has 0 aliphatic carbocycles. The first-order valence-electron chi connectivity index (χ1n) is 6.39. The third-order valence-corrected chi connectivity index (χ3v) is 3.16. The number of nitro benzene ring substituents is 1. The highest BCUT2D eigenvalue weighted by Gasteiger charge is 2.16. The highest BCUT2D eigenvalue weighted by molar-refractivity contribution is 5.96. The van der Waals surface area contributed by atoms with E-state index in [1.54, 1.807) is 18.3 Å². The van der Waals surface area contributed by atoms with Crippen molar-refractivity contribution in [2.45, 2.75) is 25.8 Å². The van der Waals surface area contributed by atoms with Gasteiger partial charge in [0.25, 0.3) is 5.69 Å². The van der Waals surface area contributed by atoms with Crippen LogP contribution in [0, 0.1) is 22.5 Å². The number of nitrogens with one attached hydrogen (secondary N) is 1. The fourth-order valence-corrected chi connectivity index (χ4v) is 2.09. The number of aromatic nitrogens is 1. The van der Waals surface area contributed by atoms with Crippen molar-refractivity contribution in [3.63, 3.8) is 0 Å². The van der Waals surface area contributed by atoms with Gasteiger partial charge in [0.2, 0.25) is 0 Å². The average molecular weight is 269 g/mol. The Morgan fingerprint density at radius 2 is 2.30 bits per heavy atom. The van der Waals surface area contributed by atoms with Gasteiger partial charge in [0.15, 0.2) is 0 Å². The Bertz CT molecular complexity index is 676. The van der Waals surface area contributed by atoms with Gasteiger partial charge in [-0.1, -0.05) is 6.92 Å². The van der Waals surface area contributed by atoms with E-state index in [2.05, 4.69) is 16.2 Å². The number of pyridine rings is 1. The van der Waals surface area contributed by atoms with Gasteiger partial charge in [-0.2, -0.15) is 0 Å². The lowest BCUT2D eigenvalue weighted by atomic mass is 10.1. The van der Waals surface area contributed by atoms with E-state index >= 15 is 0 Å². The fraction of sp³-hybridized carbons (Fsp3) is 0.267. The number of hydrogen-bond donors (Lipinski definition) is 1. The van der Waals surface area contributed by atoms with Crippen molar-refractivity contribution in [1.82, 2.24) is 4.98 Å². The number of nitro groups is 1. The van der Waals surface area contributed by atoms with Gasteiger partial charge in [0, 0.05) is 35.8 Å². The van der Waals surface area contributed by atoms with E-state index < -0.39 is 4.92 Å². The van der Waals surface area contributed by atoms with Crippen LogP contribution in [0.4, 0.5) is 11.4 Å². The zero-order valence-corrected chi connectivity index (χ0v) is 11.2. The van der Waals surface area contributed by atoms with E-state index in [1.165, 1.54) is 6.07 Å². The summed E-state index contributed by atoms with van der Waals surface area (Å²) in [7, 11) is 0. The minimum atomic E-state index is -0.419. The third-order valence-electron chi connectivity index (χ3n) is 3.16. The molecule has 1 heterocycles. The highest BCUT2D eigenvalue weighted by Crippen LogP contribution is 2.30. The van der Waals surface area contributed by atoms with Crippen LogP contribution < -0.4 is 5.32 Å². The number of hydrogen-bond acceptors (Lipinski definition) is 4. The maximum Gasteiger partial charge on any atom is 0.295 e. The molecule has 1 unspecified atom stereocenters. The van der Waals surface area contributed by atoms with Gasteiger partial charge >= 0.3 is 0 Å². The minimum absolute atomic E-state index is 0.0103. The minimum Gasteiger partial charge on any atom is -0.381 e. The molecule has 0 amide bonds. The summed E-state index contributed by atoms with van der Waals surface area (Å²) in [5, 5.41) is 15.1. The van der Waals surface area contributed by atoms with Gasteiger partial charge in [0.05, 0.1) is 4.92 Å². The van der Waals surface area contributed by atoms with Gasteiger partial charge in [-0.15, -0.1) is 12.3 Å². The average Bonchev–Trinajstić information content (AvgIpc) is 2.46. The molecule has 0 aliphatic rings. The second-order valence-corrected chi connectivity index (χ2v) is 4.45. The lowest BCUT2D eigenvalue weighted by Crippen LogP contribution is -2.17. The highest BCUT2D eigenvalue weighted by atomic mass is 16.6. The normalized spacial score (nSPS) is 11.8. The zero-order valence-electron chi connectivity index (χ0n) is 11.2. The SMILES string of the molecule is C#CCC(CC)Nc1ccc([N+](=O)[O-])c2ncccc12. The monoisotopic (exact) mass is 269 g/mol. The van der Waals surface area contributed by atoms with E-state index in [0.29, 0.717) is 11.9 Å². The lowest BCUT2D eigenvalue weighted by molar-refractivity contribution is -0.383. The molecule has 20 heavy (non-hydrogen) atoms. The fourth-order valence-electron chi connectivity index (χ4n) is 2.09. The summed E-state index contributed by atoms with van der Waals surface area (Å²) in [5.74, 6) is 2.63. The predicted molar refractivity (Wildman–Crippen MR) is 79.5 cm³/mol. The van der Waals surface area contributed by atoms with Crippen molar-refractivity contribution in [3.8, 4) is 12.3 Å². The number of fused-ring (bicyclic) bond motifs is 1. The standard InChI is InChI=1S/C15H15N3O2/c1-3-6-11(4-2)17-13-8-9-14(18(19)20)15-12(13)7-5-10-16-15/h1,5,7-11,17H,4,6H2,2H3. The second kappa shape index (κ2) is 6.02. The quantitative estimate of drug-likeness (QED) is 0.513. The smallest absolute Gasteiger partial charge is 0.295 e. The first-order chi connectivity index (χ1) is 9.67. The van der Waals surface area contributed by atoms with E-state index in [4.69, 9.17) is 6.42 Å². The van der Waals surface area contributed by atoms with Crippen LogP contribution in [0.15, 0.2) is 30.5 Å². The van der Waals surface area contributed by atoms with Crippen LogP contribution in [0.1, 0.15) is 19.8 Å². The number of rotatable bonds is 5. The predicted octanol–water partition coefficient (Wildman–Crippen LogP) is 3.36. The maximum absolute atomic E-state index is 11.0. The van der Waals surface area contributed by atoms with Crippen molar-refractivity contribution in [2.75, 3.05) is 5.32 Å². The molecule has 0 saturated heterocycles. The second-order valence-electron chi connectivity index (χ2n) is 4.45. The van der Waals surface area contributed by atoms with Crippen LogP contribution in [0.3, 0.4) is 0 Å². The molecule has 0 saturated carbocycles. The van der Waals surface area contributed by atoms with Crippen molar-refractivity contribution in [3.05, 3.63) is 40.6 Å². The summed E-state index contributed by atoms with van der Waals surface area (Å²) < 4.78 is 0. The summed E-state index contributed by atoms with van der Waals surface area (Å²) in [6.45, 7) is 2.04. The molecular formula is C15H15N3O2. The molecule has 0 bridgehead atoms. The number of non-ortho nitro benzene ring substituents is 1. The topological polar surface area (TPSA) is 68.1 Å². The van der Waals surface area contributed by atoms with Crippen LogP contribution in [-0.2, 0) is 0 Å². The van der Waals surface area contributed by atoms with Crippen LogP contribution in [0.25, 0.3) is 10.9 Å². The van der Waals surface area contributed by atoms with Gasteiger partial charge in [-0.3, -0.25) is 10.1 Å². The van der Waals surface area contributed by atoms with E-state index in [1.807, 2.05) is 13.0 Å². The van der Waals surface area contributed by atoms with Crippen LogP contribution in [-0.4, -0.2) is 15.9 Å². The Labute approximate surface area is 117 Å². The molecule has 5 nitrogen and oxygen atoms in total. The summed E-state index contributed by atoms with van der Waals surface area (Å²) in [5.41, 5.74) is 1.22.